The Morgan fingerprint density at radius 1 is 1.10 bits per heavy atom. The van der Waals surface area contributed by atoms with Gasteiger partial charge in [-0.15, -0.1) is 0 Å². The lowest BCUT2D eigenvalue weighted by atomic mass is 10.0. The molecule has 2 heterocycles. The van der Waals surface area contributed by atoms with Crippen LogP contribution < -0.4 is 5.73 Å². The van der Waals surface area contributed by atoms with Gasteiger partial charge in [-0.25, -0.2) is 18.4 Å². The lowest BCUT2D eigenvalue weighted by Crippen LogP contribution is -2.40. The van der Waals surface area contributed by atoms with E-state index in [9.17, 15) is 13.2 Å². The third kappa shape index (κ3) is 4.20. The molecule has 0 bridgehead atoms. The summed E-state index contributed by atoms with van der Waals surface area (Å²) >= 11 is 0. The minimum atomic E-state index is -3.67. The van der Waals surface area contributed by atoms with Gasteiger partial charge in [0.05, 0.1) is 30.0 Å². The molecule has 2 aromatic carbocycles. The number of carbonyl (C=O) groups is 1. The third-order valence-electron chi connectivity index (χ3n) is 5.14. The Morgan fingerprint density at radius 3 is 2.52 bits per heavy atom. The molecule has 160 valence electrons. The first-order valence-electron chi connectivity index (χ1n) is 9.79. The summed E-state index contributed by atoms with van der Waals surface area (Å²) < 4.78 is 32.8. The molecule has 0 radical (unpaired) electrons. The summed E-state index contributed by atoms with van der Waals surface area (Å²) in [6.45, 7) is 3.20. The molecule has 31 heavy (non-hydrogen) atoms. The van der Waals surface area contributed by atoms with E-state index < -0.39 is 10.0 Å². The summed E-state index contributed by atoms with van der Waals surface area (Å²) in [4.78, 5) is 21.6. The number of ketones is 1. The number of ether oxygens (including phenoxy) is 1. The second-order valence-corrected chi connectivity index (χ2v) is 9.12. The van der Waals surface area contributed by atoms with Crippen LogP contribution in [0.25, 0.3) is 11.3 Å². The van der Waals surface area contributed by atoms with Crippen molar-refractivity contribution in [1.29, 1.82) is 0 Å². The number of carbonyl (C=O) groups excluding carboxylic acids is 1. The number of benzene rings is 2. The second kappa shape index (κ2) is 8.54. The highest BCUT2D eigenvalue weighted by Gasteiger charge is 2.27. The first kappa shape index (κ1) is 21.1. The van der Waals surface area contributed by atoms with Gasteiger partial charge in [0, 0.05) is 24.2 Å². The number of nitrogens with zero attached hydrogens (tertiary/aromatic N) is 3. The fourth-order valence-corrected chi connectivity index (χ4v) is 4.83. The van der Waals surface area contributed by atoms with Crippen LogP contribution >= 0.6 is 0 Å². The number of morpholine rings is 1. The van der Waals surface area contributed by atoms with Gasteiger partial charge < -0.3 is 10.5 Å². The van der Waals surface area contributed by atoms with E-state index >= 15 is 0 Å². The number of nitrogen functional groups attached to an aromatic ring is 1. The van der Waals surface area contributed by atoms with Gasteiger partial charge in [-0.1, -0.05) is 36.4 Å². The van der Waals surface area contributed by atoms with E-state index in [1.165, 1.54) is 10.5 Å². The predicted octanol–water partition coefficient (Wildman–Crippen LogP) is 2.29. The van der Waals surface area contributed by atoms with Crippen molar-refractivity contribution in [3.8, 4) is 11.3 Å². The average Bonchev–Trinajstić information content (AvgIpc) is 2.80. The molecule has 0 saturated carbocycles. The van der Waals surface area contributed by atoms with Gasteiger partial charge in [-0.05, 0) is 24.6 Å². The fourth-order valence-electron chi connectivity index (χ4n) is 3.40. The highest BCUT2D eigenvalue weighted by Crippen LogP contribution is 2.28. The van der Waals surface area contributed by atoms with E-state index in [1.54, 1.807) is 42.5 Å². The Morgan fingerprint density at radius 2 is 1.81 bits per heavy atom. The Hall–Kier alpha value is -3.14. The van der Waals surface area contributed by atoms with E-state index in [1.807, 2.05) is 13.0 Å². The molecule has 1 aromatic heterocycles. The Kier molecular flexibility index (Phi) is 5.81. The molecule has 1 fully saturated rings. The lowest BCUT2D eigenvalue weighted by molar-refractivity contribution is 0.0730. The summed E-state index contributed by atoms with van der Waals surface area (Å²) in [5.74, 6) is -0.324. The highest BCUT2D eigenvalue weighted by molar-refractivity contribution is 7.89. The van der Waals surface area contributed by atoms with Crippen molar-refractivity contribution >= 4 is 21.6 Å². The van der Waals surface area contributed by atoms with Crippen LogP contribution in [0.4, 0.5) is 5.82 Å². The maximum atomic E-state index is 13.1. The van der Waals surface area contributed by atoms with Gasteiger partial charge in [0.2, 0.25) is 15.8 Å². The van der Waals surface area contributed by atoms with Gasteiger partial charge >= 0.3 is 0 Å². The summed E-state index contributed by atoms with van der Waals surface area (Å²) in [5, 5.41) is 0. The van der Waals surface area contributed by atoms with Gasteiger partial charge in [-0.2, -0.15) is 4.31 Å². The lowest BCUT2D eigenvalue weighted by Gasteiger charge is -2.26. The first-order chi connectivity index (χ1) is 14.9. The maximum absolute atomic E-state index is 13.1. The molecule has 4 rings (SSSR count). The van der Waals surface area contributed by atoms with Crippen molar-refractivity contribution in [1.82, 2.24) is 14.3 Å². The van der Waals surface area contributed by atoms with Crippen LogP contribution in [0, 0.1) is 6.92 Å². The number of aromatic nitrogens is 2. The van der Waals surface area contributed by atoms with Crippen molar-refractivity contribution in [2.45, 2.75) is 11.8 Å². The van der Waals surface area contributed by atoms with Gasteiger partial charge in [-0.3, -0.25) is 4.79 Å². The van der Waals surface area contributed by atoms with Crippen molar-refractivity contribution in [2.75, 3.05) is 32.0 Å². The third-order valence-corrected chi connectivity index (χ3v) is 7.04. The minimum absolute atomic E-state index is 0.0207. The van der Waals surface area contributed by atoms with Crippen LogP contribution in [0.3, 0.4) is 0 Å². The van der Waals surface area contributed by atoms with Crippen LogP contribution in [0.15, 0.2) is 59.6 Å². The normalized spacial score (nSPS) is 15.0. The second-order valence-electron chi connectivity index (χ2n) is 7.18. The largest absolute Gasteiger partial charge is 0.382 e. The highest BCUT2D eigenvalue weighted by atomic mass is 32.2. The summed E-state index contributed by atoms with van der Waals surface area (Å²) in [7, 11) is -3.67. The topological polar surface area (TPSA) is 115 Å². The molecule has 2 N–H and O–H groups in total. The SMILES string of the molecule is Cc1ccc(S(=O)(=O)N2CCOCC2)cc1-c1cnc(N)c(C(=O)c2ccccc2)n1. The molecule has 1 saturated heterocycles. The van der Waals surface area contributed by atoms with E-state index in [0.29, 0.717) is 43.1 Å². The van der Waals surface area contributed by atoms with Gasteiger partial charge in [0.25, 0.3) is 0 Å². The smallest absolute Gasteiger partial charge is 0.243 e. The van der Waals surface area contributed by atoms with E-state index in [-0.39, 0.29) is 22.2 Å². The summed E-state index contributed by atoms with van der Waals surface area (Å²) in [5.41, 5.74) is 8.17. The first-order valence-corrected chi connectivity index (χ1v) is 11.2. The van der Waals surface area contributed by atoms with Crippen LogP contribution in [0.5, 0.6) is 0 Å². The zero-order chi connectivity index (χ0) is 22.0. The number of anilines is 1. The van der Waals surface area contributed by atoms with Gasteiger partial charge in [0.1, 0.15) is 0 Å². The molecule has 1 aliphatic rings. The Labute approximate surface area is 180 Å². The molecule has 9 heteroatoms. The molecule has 0 atom stereocenters. The van der Waals surface area contributed by atoms with Gasteiger partial charge in [0.15, 0.2) is 11.5 Å². The maximum Gasteiger partial charge on any atom is 0.243 e. The molecular weight excluding hydrogens is 416 g/mol. The fraction of sp³-hybridized carbons (Fsp3) is 0.227. The van der Waals surface area contributed by atoms with Crippen molar-refractivity contribution in [3.05, 3.63) is 71.5 Å². The summed E-state index contributed by atoms with van der Waals surface area (Å²) in [6, 6.07) is 13.5. The van der Waals surface area contributed by atoms with Crippen LogP contribution in [0.2, 0.25) is 0 Å². The number of sulfonamides is 1. The van der Waals surface area contributed by atoms with Crippen molar-refractivity contribution < 1.29 is 17.9 Å². The molecule has 3 aromatic rings. The van der Waals surface area contributed by atoms with E-state index in [4.69, 9.17) is 10.5 Å². The zero-order valence-corrected chi connectivity index (χ0v) is 17.8. The van der Waals surface area contributed by atoms with Crippen LogP contribution in [-0.4, -0.2) is 54.8 Å². The van der Waals surface area contributed by atoms with Crippen molar-refractivity contribution in [3.63, 3.8) is 0 Å². The standard InChI is InChI=1S/C22H22N4O4S/c1-15-7-8-17(31(28,29)26-9-11-30-12-10-26)13-18(15)19-14-24-22(23)20(25-19)21(27)16-5-3-2-4-6-16/h2-8,13-14H,9-12H2,1H3,(H2,23,24). The molecule has 8 nitrogen and oxygen atoms in total. The average molecular weight is 439 g/mol. The number of aryl methyl sites for hydroxylation is 1. The number of hydrogen-bond acceptors (Lipinski definition) is 7. The quantitative estimate of drug-likeness (QED) is 0.608. The minimum Gasteiger partial charge on any atom is -0.382 e. The molecule has 0 spiro atoms. The molecule has 0 unspecified atom stereocenters. The number of nitrogens with two attached hydrogens (primary N) is 1. The van der Waals surface area contributed by atoms with E-state index in [2.05, 4.69) is 9.97 Å². The monoisotopic (exact) mass is 438 g/mol. The summed E-state index contributed by atoms with van der Waals surface area (Å²) in [6.07, 6.45) is 1.45. The zero-order valence-electron chi connectivity index (χ0n) is 17.0. The predicted molar refractivity (Wildman–Crippen MR) is 116 cm³/mol. The molecule has 1 aliphatic heterocycles. The number of hydrogen-bond donors (Lipinski definition) is 1. The molecule has 0 aliphatic carbocycles. The number of rotatable bonds is 5. The Balaban J connectivity index is 1.75. The Bertz CT molecular complexity index is 1220. The molecular formula is C22H22N4O4S. The van der Waals surface area contributed by atoms with Crippen molar-refractivity contribution in [2.24, 2.45) is 0 Å². The van der Waals surface area contributed by atoms with Crippen LogP contribution in [-0.2, 0) is 14.8 Å². The van der Waals surface area contributed by atoms with Crippen LogP contribution in [0.1, 0.15) is 21.6 Å². The molecule has 0 amide bonds. The van der Waals surface area contributed by atoms with E-state index in [0.717, 1.165) is 5.56 Å².